The van der Waals surface area contributed by atoms with Crippen molar-refractivity contribution in [2.24, 2.45) is 11.3 Å². The molecule has 4 aliphatic rings. The molecule has 2 amide bonds. The van der Waals surface area contributed by atoms with E-state index in [1.165, 1.54) is 6.07 Å². The lowest BCUT2D eigenvalue weighted by Gasteiger charge is -2.53. The first kappa shape index (κ1) is 17.9. The molecule has 4 fully saturated rings. The van der Waals surface area contributed by atoms with E-state index in [9.17, 15) is 14.0 Å². The molecule has 1 aromatic rings. The van der Waals surface area contributed by atoms with E-state index in [1.807, 2.05) is 11.0 Å². The molecule has 2 saturated carbocycles. The van der Waals surface area contributed by atoms with E-state index < -0.39 is 0 Å². The Kier molecular flexibility index (Phi) is 3.93. The Labute approximate surface area is 163 Å². The van der Waals surface area contributed by atoms with Crippen LogP contribution in [-0.2, 0) is 9.53 Å². The number of pyridine rings is 1. The minimum absolute atomic E-state index is 0.0107. The van der Waals surface area contributed by atoms with Gasteiger partial charge in [-0.05, 0) is 63.0 Å². The summed E-state index contributed by atoms with van der Waals surface area (Å²) in [5.41, 5.74) is 1.50. The molecule has 0 aromatic carbocycles. The Hall–Kier alpha value is -2.18. The highest BCUT2D eigenvalue weighted by atomic mass is 19.1. The zero-order chi connectivity index (χ0) is 19.5. The van der Waals surface area contributed by atoms with E-state index in [0.717, 1.165) is 44.5 Å². The molecule has 2 aliphatic carbocycles. The topological polar surface area (TPSA) is 71.5 Å². The molecule has 1 aromatic heterocycles. The van der Waals surface area contributed by atoms with Crippen molar-refractivity contribution >= 4 is 12.0 Å². The predicted molar refractivity (Wildman–Crippen MR) is 99.1 cm³/mol. The second-order valence-electron chi connectivity index (χ2n) is 9.32. The molecule has 7 heteroatoms. The Morgan fingerprint density at radius 2 is 1.96 bits per heavy atom. The van der Waals surface area contributed by atoms with Crippen LogP contribution < -0.4 is 5.32 Å². The lowest BCUT2D eigenvalue weighted by molar-refractivity contribution is -0.144. The molecule has 28 heavy (non-hydrogen) atoms. The Balaban J connectivity index is 1.12. The van der Waals surface area contributed by atoms with E-state index in [4.69, 9.17) is 4.74 Å². The number of ether oxygens (including phenoxy) is 1. The highest BCUT2D eigenvalue weighted by Gasteiger charge is 2.54. The molecule has 0 radical (unpaired) electrons. The maximum atomic E-state index is 13.4. The number of carbonyl (C=O) groups excluding carboxylic acids is 2. The molecule has 1 N–H and O–H groups in total. The number of aryl methyl sites for hydroxylation is 1. The number of nitrogens with zero attached hydrogens (tertiary/aromatic N) is 2. The first-order chi connectivity index (χ1) is 13.4. The van der Waals surface area contributed by atoms with Gasteiger partial charge in [0.05, 0.1) is 11.2 Å². The van der Waals surface area contributed by atoms with E-state index in [-0.39, 0.29) is 29.3 Å². The van der Waals surface area contributed by atoms with Crippen LogP contribution >= 0.6 is 0 Å². The summed E-state index contributed by atoms with van der Waals surface area (Å²) in [4.78, 5) is 30.5. The quantitative estimate of drug-likeness (QED) is 0.847. The van der Waals surface area contributed by atoms with Crippen molar-refractivity contribution in [3.05, 3.63) is 29.3 Å². The van der Waals surface area contributed by atoms with Gasteiger partial charge < -0.3 is 15.0 Å². The summed E-state index contributed by atoms with van der Waals surface area (Å²) in [6.45, 7) is 3.73. The average Bonchev–Trinajstić information content (AvgIpc) is 3.03. The number of likely N-dealkylation sites (tertiary alicyclic amines) is 1. The number of hydrogen-bond donors (Lipinski definition) is 1. The zero-order valence-electron chi connectivity index (χ0n) is 16.2. The van der Waals surface area contributed by atoms with Gasteiger partial charge in [-0.25, -0.2) is 9.18 Å². The largest absolute Gasteiger partial charge is 0.447 e. The van der Waals surface area contributed by atoms with Crippen LogP contribution in [0.25, 0.3) is 0 Å². The summed E-state index contributed by atoms with van der Waals surface area (Å²) < 4.78 is 18.4. The van der Waals surface area contributed by atoms with Crippen LogP contribution in [0.1, 0.15) is 55.8 Å². The second-order valence-corrected chi connectivity index (χ2v) is 9.32. The SMILES string of the molecule is Cc1nc(C2CC3(CCN(C(=O)C4CC5(COC(=O)N5)C4)CC3)C2)ccc1F. The highest BCUT2D eigenvalue weighted by Crippen LogP contribution is 2.56. The van der Waals surface area contributed by atoms with Crippen LogP contribution in [0.5, 0.6) is 0 Å². The van der Waals surface area contributed by atoms with Gasteiger partial charge in [0.25, 0.3) is 0 Å². The lowest BCUT2D eigenvalue weighted by atomic mass is 9.56. The number of halogens is 1. The number of nitrogens with one attached hydrogen (secondary N) is 1. The van der Waals surface area contributed by atoms with Crippen LogP contribution in [0.3, 0.4) is 0 Å². The van der Waals surface area contributed by atoms with Gasteiger partial charge in [0, 0.05) is 30.6 Å². The van der Waals surface area contributed by atoms with Crippen LogP contribution in [0, 0.1) is 24.1 Å². The monoisotopic (exact) mass is 387 g/mol. The molecular formula is C21H26FN3O3. The fourth-order valence-electron chi connectivity index (χ4n) is 5.62. The van der Waals surface area contributed by atoms with Crippen LogP contribution in [0.15, 0.2) is 12.1 Å². The smallest absolute Gasteiger partial charge is 0.407 e. The van der Waals surface area contributed by atoms with Crippen molar-refractivity contribution in [1.29, 1.82) is 0 Å². The minimum Gasteiger partial charge on any atom is -0.447 e. The van der Waals surface area contributed by atoms with E-state index in [1.54, 1.807) is 6.92 Å². The van der Waals surface area contributed by atoms with E-state index >= 15 is 0 Å². The molecule has 0 unspecified atom stereocenters. The Morgan fingerprint density at radius 3 is 2.57 bits per heavy atom. The number of aromatic nitrogens is 1. The molecule has 2 saturated heterocycles. The van der Waals surface area contributed by atoms with E-state index in [2.05, 4.69) is 10.3 Å². The standard InChI is InChI=1S/C21H26FN3O3/c1-13-16(22)2-3-17(23-13)14-8-20(9-14)4-6-25(7-5-20)18(26)15-10-21(11-15)12-28-19(27)24-21/h2-3,14-15H,4-12H2,1H3,(H,24,27). The third-order valence-electron chi connectivity index (χ3n) is 7.43. The van der Waals surface area contributed by atoms with Crippen molar-refractivity contribution in [2.75, 3.05) is 19.7 Å². The molecule has 6 nitrogen and oxygen atoms in total. The molecular weight excluding hydrogens is 361 g/mol. The number of carbonyl (C=O) groups is 2. The Bertz CT molecular complexity index is 820. The van der Waals surface area contributed by atoms with Gasteiger partial charge in [0.2, 0.25) is 5.91 Å². The van der Waals surface area contributed by atoms with Crippen LogP contribution in [0.2, 0.25) is 0 Å². The molecule has 3 heterocycles. The fraction of sp³-hybridized carbons (Fsp3) is 0.667. The molecule has 0 atom stereocenters. The van der Waals surface area contributed by atoms with E-state index in [0.29, 0.717) is 36.5 Å². The van der Waals surface area contributed by atoms with Crippen molar-refractivity contribution in [3.8, 4) is 0 Å². The second kappa shape index (κ2) is 6.16. The number of hydrogen-bond acceptors (Lipinski definition) is 4. The molecule has 5 rings (SSSR count). The predicted octanol–water partition coefficient (Wildman–Crippen LogP) is 2.90. The van der Waals surface area contributed by atoms with Crippen LogP contribution in [0.4, 0.5) is 9.18 Å². The van der Waals surface area contributed by atoms with Crippen molar-refractivity contribution in [3.63, 3.8) is 0 Å². The number of alkyl carbamates (subject to hydrolysis) is 1. The summed E-state index contributed by atoms with van der Waals surface area (Å²) in [6.07, 6.45) is 5.26. The van der Waals surface area contributed by atoms with Gasteiger partial charge in [0.15, 0.2) is 0 Å². The summed E-state index contributed by atoms with van der Waals surface area (Å²) in [5, 5.41) is 2.85. The van der Waals surface area contributed by atoms with Gasteiger partial charge in [-0.2, -0.15) is 0 Å². The van der Waals surface area contributed by atoms with Crippen molar-refractivity contribution < 1.29 is 18.7 Å². The van der Waals surface area contributed by atoms with Gasteiger partial charge >= 0.3 is 6.09 Å². The number of rotatable bonds is 2. The minimum atomic E-state index is -0.365. The van der Waals surface area contributed by atoms with Crippen molar-refractivity contribution in [1.82, 2.24) is 15.2 Å². The highest BCUT2D eigenvalue weighted by molar-refractivity contribution is 5.81. The maximum absolute atomic E-state index is 13.4. The third kappa shape index (κ3) is 2.86. The maximum Gasteiger partial charge on any atom is 0.407 e. The van der Waals surface area contributed by atoms with Gasteiger partial charge in [-0.1, -0.05) is 0 Å². The average molecular weight is 387 g/mol. The summed E-state index contributed by atoms with van der Waals surface area (Å²) >= 11 is 0. The number of piperidine rings is 1. The zero-order valence-corrected chi connectivity index (χ0v) is 16.2. The third-order valence-corrected chi connectivity index (χ3v) is 7.43. The summed E-state index contributed by atoms with van der Waals surface area (Å²) in [6, 6.07) is 3.34. The summed E-state index contributed by atoms with van der Waals surface area (Å²) in [5.74, 6) is 0.412. The van der Waals surface area contributed by atoms with Crippen LogP contribution in [-0.4, -0.2) is 47.1 Å². The van der Waals surface area contributed by atoms with Gasteiger partial charge in [0.1, 0.15) is 12.4 Å². The fourth-order valence-corrected chi connectivity index (χ4v) is 5.62. The summed E-state index contributed by atoms with van der Waals surface area (Å²) in [7, 11) is 0. The first-order valence-electron chi connectivity index (χ1n) is 10.2. The normalized spacial score (nSPS) is 27.9. The first-order valence-corrected chi connectivity index (χ1v) is 10.2. The number of amides is 2. The molecule has 0 bridgehead atoms. The van der Waals surface area contributed by atoms with Crippen molar-refractivity contribution in [2.45, 2.75) is 56.9 Å². The Morgan fingerprint density at radius 1 is 1.25 bits per heavy atom. The molecule has 150 valence electrons. The van der Waals surface area contributed by atoms with Gasteiger partial charge in [-0.3, -0.25) is 9.78 Å². The molecule has 2 spiro atoms. The number of cyclic esters (lactones) is 1. The van der Waals surface area contributed by atoms with Gasteiger partial charge in [-0.15, -0.1) is 0 Å². The lowest BCUT2D eigenvalue weighted by Crippen LogP contribution is -2.59. The molecule has 2 aliphatic heterocycles.